The van der Waals surface area contributed by atoms with Gasteiger partial charge in [-0.1, -0.05) is 24.3 Å². The summed E-state index contributed by atoms with van der Waals surface area (Å²) < 4.78 is 26.9. The number of halogens is 2. The molecule has 0 radical (unpaired) electrons. The van der Waals surface area contributed by atoms with E-state index in [9.17, 15) is 18.7 Å². The molecule has 2 aromatic carbocycles. The number of aryl methyl sites for hydroxylation is 1. The van der Waals surface area contributed by atoms with Gasteiger partial charge in [0, 0.05) is 11.3 Å². The van der Waals surface area contributed by atoms with E-state index in [-0.39, 0.29) is 5.56 Å². The molecule has 0 aliphatic carbocycles. The van der Waals surface area contributed by atoms with Crippen molar-refractivity contribution in [2.45, 2.75) is 13.0 Å². The van der Waals surface area contributed by atoms with Gasteiger partial charge >= 0.3 is 5.97 Å². The highest BCUT2D eigenvalue weighted by atomic mass is 19.2. The van der Waals surface area contributed by atoms with Crippen LogP contribution in [0.15, 0.2) is 42.5 Å². The first-order valence-corrected chi connectivity index (χ1v) is 5.99. The molecule has 0 bridgehead atoms. The van der Waals surface area contributed by atoms with E-state index in [1.54, 1.807) is 18.2 Å². The second-order valence-corrected chi connectivity index (χ2v) is 4.43. The SMILES string of the molecule is Cc1cccc(NC(C(=O)O)c2cccc(F)c2F)c1. The van der Waals surface area contributed by atoms with Crippen LogP contribution in [-0.4, -0.2) is 11.1 Å². The van der Waals surface area contributed by atoms with Crippen LogP contribution < -0.4 is 5.32 Å². The number of aliphatic carboxylic acids is 1. The molecule has 0 amide bonds. The molecule has 104 valence electrons. The minimum atomic E-state index is -1.35. The molecule has 2 aromatic rings. The van der Waals surface area contributed by atoms with E-state index in [0.29, 0.717) is 5.69 Å². The van der Waals surface area contributed by atoms with Gasteiger partial charge < -0.3 is 10.4 Å². The Morgan fingerprint density at radius 2 is 1.90 bits per heavy atom. The maximum absolute atomic E-state index is 13.7. The van der Waals surface area contributed by atoms with Crippen molar-refractivity contribution >= 4 is 11.7 Å². The molecule has 2 rings (SSSR count). The second kappa shape index (κ2) is 5.69. The van der Waals surface area contributed by atoms with Crippen molar-refractivity contribution < 1.29 is 18.7 Å². The predicted octanol–water partition coefficient (Wildman–Crippen LogP) is 3.51. The zero-order chi connectivity index (χ0) is 14.7. The summed E-state index contributed by atoms with van der Waals surface area (Å²) in [5.41, 5.74) is 1.22. The summed E-state index contributed by atoms with van der Waals surface area (Å²) in [7, 11) is 0. The Labute approximate surface area is 114 Å². The van der Waals surface area contributed by atoms with Gasteiger partial charge in [0.15, 0.2) is 17.7 Å². The molecule has 0 aromatic heterocycles. The van der Waals surface area contributed by atoms with Crippen LogP contribution >= 0.6 is 0 Å². The second-order valence-electron chi connectivity index (χ2n) is 4.43. The first-order valence-electron chi connectivity index (χ1n) is 5.99. The predicted molar refractivity (Wildman–Crippen MR) is 71.5 cm³/mol. The molecule has 1 unspecified atom stereocenters. The van der Waals surface area contributed by atoms with Gasteiger partial charge in [-0.05, 0) is 30.7 Å². The summed E-state index contributed by atoms with van der Waals surface area (Å²) in [6.45, 7) is 1.85. The molecule has 2 N–H and O–H groups in total. The number of benzene rings is 2. The van der Waals surface area contributed by atoms with E-state index < -0.39 is 23.6 Å². The van der Waals surface area contributed by atoms with E-state index >= 15 is 0 Å². The molecule has 0 aliphatic heterocycles. The summed E-state index contributed by atoms with van der Waals surface area (Å²) >= 11 is 0. The normalized spacial score (nSPS) is 11.9. The first kappa shape index (κ1) is 14.0. The topological polar surface area (TPSA) is 49.3 Å². The fourth-order valence-electron chi connectivity index (χ4n) is 1.92. The van der Waals surface area contributed by atoms with Gasteiger partial charge in [0.05, 0.1) is 0 Å². The fourth-order valence-corrected chi connectivity index (χ4v) is 1.92. The molecule has 5 heteroatoms. The molecule has 0 saturated carbocycles. The molecule has 0 spiro atoms. The van der Waals surface area contributed by atoms with Gasteiger partial charge in [0.1, 0.15) is 0 Å². The lowest BCUT2D eigenvalue weighted by Crippen LogP contribution is -2.22. The molecule has 0 fully saturated rings. The third-order valence-corrected chi connectivity index (χ3v) is 2.87. The highest BCUT2D eigenvalue weighted by Gasteiger charge is 2.24. The lowest BCUT2D eigenvalue weighted by molar-refractivity contribution is -0.138. The van der Waals surface area contributed by atoms with Crippen molar-refractivity contribution in [3.05, 3.63) is 65.2 Å². The highest BCUT2D eigenvalue weighted by molar-refractivity contribution is 5.79. The number of carboxylic acid groups (broad SMARTS) is 1. The number of carboxylic acids is 1. The number of rotatable bonds is 4. The Kier molecular flexibility index (Phi) is 3.98. The third-order valence-electron chi connectivity index (χ3n) is 2.87. The van der Waals surface area contributed by atoms with E-state index in [0.717, 1.165) is 11.6 Å². The maximum Gasteiger partial charge on any atom is 0.330 e. The highest BCUT2D eigenvalue weighted by Crippen LogP contribution is 2.24. The lowest BCUT2D eigenvalue weighted by Gasteiger charge is -2.17. The van der Waals surface area contributed by atoms with Gasteiger partial charge in [-0.25, -0.2) is 13.6 Å². The summed E-state index contributed by atoms with van der Waals surface area (Å²) in [4.78, 5) is 11.3. The molecule has 20 heavy (non-hydrogen) atoms. The molecule has 3 nitrogen and oxygen atoms in total. The van der Waals surface area contributed by atoms with Gasteiger partial charge in [-0.15, -0.1) is 0 Å². The standard InChI is InChI=1S/C15H13F2NO2/c1-9-4-2-5-10(8-9)18-14(15(19)20)11-6-3-7-12(16)13(11)17/h2-8,14,18H,1H3,(H,19,20). The van der Waals surface area contributed by atoms with Crippen LogP contribution in [0.4, 0.5) is 14.5 Å². The van der Waals surface area contributed by atoms with Crippen molar-refractivity contribution in [1.82, 2.24) is 0 Å². The van der Waals surface area contributed by atoms with Crippen molar-refractivity contribution in [2.24, 2.45) is 0 Å². The number of nitrogens with one attached hydrogen (secondary N) is 1. The van der Waals surface area contributed by atoms with Crippen molar-refractivity contribution in [2.75, 3.05) is 5.32 Å². The van der Waals surface area contributed by atoms with Crippen molar-refractivity contribution in [1.29, 1.82) is 0 Å². The van der Waals surface area contributed by atoms with Crippen LogP contribution in [0, 0.1) is 18.6 Å². The molecule has 0 heterocycles. The maximum atomic E-state index is 13.7. The summed E-state index contributed by atoms with van der Waals surface area (Å²) in [6.07, 6.45) is 0. The van der Waals surface area contributed by atoms with Crippen LogP contribution in [0.25, 0.3) is 0 Å². The largest absolute Gasteiger partial charge is 0.479 e. The minimum Gasteiger partial charge on any atom is -0.479 e. The van der Waals surface area contributed by atoms with Gasteiger partial charge in [0.2, 0.25) is 0 Å². The molecular weight excluding hydrogens is 264 g/mol. The van der Waals surface area contributed by atoms with Gasteiger partial charge in [0.25, 0.3) is 0 Å². The van der Waals surface area contributed by atoms with Crippen molar-refractivity contribution in [3.8, 4) is 0 Å². The Hall–Kier alpha value is -2.43. The van der Waals surface area contributed by atoms with Crippen LogP contribution in [0.1, 0.15) is 17.2 Å². The molecule has 0 saturated heterocycles. The number of hydrogen-bond donors (Lipinski definition) is 2. The Morgan fingerprint density at radius 3 is 2.55 bits per heavy atom. The van der Waals surface area contributed by atoms with E-state index in [1.165, 1.54) is 12.1 Å². The van der Waals surface area contributed by atoms with Crippen LogP contribution in [0.5, 0.6) is 0 Å². The Bertz CT molecular complexity index is 644. The number of hydrogen-bond acceptors (Lipinski definition) is 2. The average Bonchev–Trinajstić information content (AvgIpc) is 2.39. The first-order chi connectivity index (χ1) is 9.49. The smallest absolute Gasteiger partial charge is 0.330 e. The van der Waals surface area contributed by atoms with E-state index in [4.69, 9.17) is 0 Å². The Balaban J connectivity index is 2.37. The van der Waals surface area contributed by atoms with Crippen LogP contribution in [0.2, 0.25) is 0 Å². The number of carbonyl (C=O) groups is 1. The lowest BCUT2D eigenvalue weighted by atomic mass is 10.1. The molecule has 0 aliphatic rings. The third kappa shape index (κ3) is 2.93. The summed E-state index contributed by atoms with van der Waals surface area (Å²) in [5, 5.41) is 11.9. The zero-order valence-electron chi connectivity index (χ0n) is 10.7. The van der Waals surface area contributed by atoms with Crippen LogP contribution in [0.3, 0.4) is 0 Å². The number of anilines is 1. The molecular formula is C15H13F2NO2. The fraction of sp³-hybridized carbons (Fsp3) is 0.133. The minimum absolute atomic E-state index is 0.237. The van der Waals surface area contributed by atoms with E-state index in [2.05, 4.69) is 5.32 Å². The zero-order valence-corrected chi connectivity index (χ0v) is 10.7. The van der Waals surface area contributed by atoms with Crippen LogP contribution in [-0.2, 0) is 4.79 Å². The van der Waals surface area contributed by atoms with Gasteiger partial charge in [-0.3, -0.25) is 0 Å². The van der Waals surface area contributed by atoms with E-state index in [1.807, 2.05) is 13.0 Å². The summed E-state index contributed by atoms with van der Waals surface area (Å²) in [6, 6.07) is 9.12. The molecule has 1 atom stereocenters. The summed E-state index contributed by atoms with van der Waals surface area (Å²) in [5.74, 6) is -3.50. The quantitative estimate of drug-likeness (QED) is 0.899. The average molecular weight is 277 g/mol. The van der Waals surface area contributed by atoms with Gasteiger partial charge in [-0.2, -0.15) is 0 Å². The van der Waals surface area contributed by atoms with Crippen molar-refractivity contribution in [3.63, 3.8) is 0 Å². The monoisotopic (exact) mass is 277 g/mol. The Morgan fingerprint density at radius 1 is 1.20 bits per heavy atom.